The summed E-state index contributed by atoms with van der Waals surface area (Å²) in [6, 6.07) is 6.41. The number of anilines is 1. The average Bonchev–Trinajstić information content (AvgIpc) is 2.29. The van der Waals surface area contributed by atoms with Gasteiger partial charge in [-0.25, -0.2) is 12.7 Å². The van der Waals surface area contributed by atoms with E-state index in [2.05, 4.69) is 5.32 Å². The molecule has 1 aromatic rings. The van der Waals surface area contributed by atoms with Crippen molar-refractivity contribution in [2.75, 3.05) is 32.1 Å². The number of nitrogens with two attached hydrogens (primary N) is 1. The summed E-state index contributed by atoms with van der Waals surface area (Å²) < 4.78 is 24.0. The van der Waals surface area contributed by atoms with Crippen molar-refractivity contribution in [1.29, 1.82) is 0 Å². The molecule has 0 heterocycles. The van der Waals surface area contributed by atoms with Gasteiger partial charge in [-0.15, -0.1) is 0 Å². The third-order valence-electron chi connectivity index (χ3n) is 2.37. The summed E-state index contributed by atoms with van der Waals surface area (Å²) in [4.78, 5) is 11.7. The Morgan fingerprint density at radius 1 is 1.28 bits per heavy atom. The zero-order valence-electron chi connectivity index (χ0n) is 10.4. The minimum Gasteiger partial charge on any atom is -0.399 e. The van der Waals surface area contributed by atoms with Crippen LogP contribution in [0.5, 0.6) is 0 Å². The van der Waals surface area contributed by atoms with Gasteiger partial charge < -0.3 is 11.1 Å². The second kappa shape index (κ2) is 5.83. The molecule has 0 aliphatic rings. The van der Waals surface area contributed by atoms with Crippen LogP contribution >= 0.6 is 0 Å². The van der Waals surface area contributed by atoms with Crippen molar-refractivity contribution in [1.82, 2.24) is 9.62 Å². The Bertz CT molecular complexity index is 509. The van der Waals surface area contributed by atoms with Crippen molar-refractivity contribution in [3.8, 4) is 0 Å². The molecule has 1 amide bonds. The molecule has 0 saturated carbocycles. The maximum Gasteiger partial charge on any atom is 0.251 e. The van der Waals surface area contributed by atoms with E-state index in [1.807, 2.05) is 0 Å². The number of hydrogen-bond donors (Lipinski definition) is 2. The minimum absolute atomic E-state index is 0.0731. The van der Waals surface area contributed by atoms with Gasteiger partial charge in [-0.1, -0.05) is 0 Å². The normalized spacial score (nSPS) is 11.5. The highest BCUT2D eigenvalue weighted by Crippen LogP contribution is 2.05. The van der Waals surface area contributed by atoms with Crippen molar-refractivity contribution in [3.63, 3.8) is 0 Å². The quantitative estimate of drug-likeness (QED) is 0.731. The number of nitrogens with one attached hydrogen (secondary N) is 1. The molecule has 0 aliphatic heterocycles. The summed E-state index contributed by atoms with van der Waals surface area (Å²) in [6.45, 7) is 0.0731. The topological polar surface area (TPSA) is 92.5 Å². The lowest BCUT2D eigenvalue weighted by atomic mass is 10.2. The number of nitrogens with zero attached hydrogens (tertiary/aromatic N) is 1. The fourth-order valence-electron chi connectivity index (χ4n) is 1.21. The largest absolute Gasteiger partial charge is 0.399 e. The lowest BCUT2D eigenvalue weighted by Crippen LogP contribution is -2.33. The average molecular weight is 271 g/mol. The van der Waals surface area contributed by atoms with E-state index >= 15 is 0 Å². The maximum absolute atomic E-state index is 11.7. The maximum atomic E-state index is 11.7. The Morgan fingerprint density at radius 2 is 1.83 bits per heavy atom. The van der Waals surface area contributed by atoms with Gasteiger partial charge >= 0.3 is 0 Å². The summed E-state index contributed by atoms with van der Waals surface area (Å²) in [5, 5.41) is 2.54. The van der Waals surface area contributed by atoms with E-state index in [9.17, 15) is 13.2 Å². The lowest BCUT2D eigenvalue weighted by molar-refractivity contribution is 0.0956. The first-order chi connectivity index (χ1) is 8.33. The molecular formula is C11H17N3O3S. The van der Waals surface area contributed by atoms with Crippen molar-refractivity contribution in [3.05, 3.63) is 29.8 Å². The van der Waals surface area contributed by atoms with Crippen LogP contribution in [0.4, 0.5) is 5.69 Å². The Labute approximate surface area is 107 Å². The number of sulfonamides is 1. The Morgan fingerprint density at radius 3 is 2.33 bits per heavy atom. The monoisotopic (exact) mass is 271 g/mol. The first-order valence-electron chi connectivity index (χ1n) is 5.37. The van der Waals surface area contributed by atoms with Crippen LogP contribution in [0.15, 0.2) is 24.3 Å². The molecule has 7 heteroatoms. The van der Waals surface area contributed by atoms with Crippen LogP contribution in [0.25, 0.3) is 0 Å². The number of rotatable bonds is 5. The zero-order valence-corrected chi connectivity index (χ0v) is 11.2. The summed E-state index contributed by atoms with van der Waals surface area (Å²) in [5.41, 5.74) is 6.52. The summed E-state index contributed by atoms with van der Waals surface area (Å²) in [7, 11) is -0.373. The SMILES string of the molecule is CN(C)S(=O)(=O)CCNC(=O)c1ccc(N)cc1. The van der Waals surface area contributed by atoms with Gasteiger partial charge in [0.25, 0.3) is 5.91 Å². The van der Waals surface area contributed by atoms with Gasteiger partial charge in [-0.3, -0.25) is 4.79 Å². The second-order valence-corrected chi connectivity index (χ2v) is 6.28. The first kappa shape index (κ1) is 14.5. The number of benzene rings is 1. The van der Waals surface area contributed by atoms with Gasteiger partial charge in [-0.2, -0.15) is 0 Å². The fourth-order valence-corrected chi connectivity index (χ4v) is 1.94. The molecule has 0 aromatic heterocycles. The van der Waals surface area contributed by atoms with Gasteiger partial charge in [0, 0.05) is 31.9 Å². The third-order valence-corrected chi connectivity index (χ3v) is 4.21. The summed E-state index contributed by atoms with van der Waals surface area (Å²) in [5.74, 6) is -0.440. The highest BCUT2D eigenvalue weighted by molar-refractivity contribution is 7.89. The molecule has 0 spiro atoms. The summed E-state index contributed by atoms with van der Waals surface area (Å²) >= 11 is 0. The standard InChI is InChI=1S/C11H17N3O3S/c1-14(2)18(16,17)8-7-13-11(15)9-3-5-10(12)6-4-9/h3-6H,7-8,12H2,1-2H3,(H,13,15). The molecule has 18 heavy (non-hydrogen) atoms. The van der Waals surface area contributed by atoms with Gasteiger partial charge in [-0.05, 0) is 24.3 Å². The van der Waals surface area contributed by atoms with Crippen LogP contribution in [0.2, 0.25) is 0 Å². The molecule has 0 radical (unpaired) electrons. The summed E-state index contributed by atoms with van der Waals surface area (Å²) in [6.07, 6.45) is 0. The van der Waals surface area contributed by atoms with Crippen molar-refractivity contribution in [2.45, 2.75) is 0 Å². The molecule has 0 unspecified atom stereocenters. The molecule has 0 atom stereocenters. The number of amides is 1. The van der Waals surface area contributed by atoms with Crippen LogP contribution in [0, 0.1) is 0 Å². The van der Waals surface area contributed by atoms with Crippen molar-refractivity contribution < 1.29 is 13.2 Å². The molecule has 0 fully saturated rings. The zero-order chi connectivity index (χ0) is 13.8. The number of hydrogen-bond acceptors (Lipinski definition) is 4. The Kier molecular flexibility index (Phi) is 4.69. The van der Waals surface area contributed by atoms with E-state index in [-0.39, 0.29) is 18.2 Å². The van der Waals surface area contributed by atoms with Crippen LogP contribution < -0.4 is 11.1 Å². The van der Waals surface area contributed by atoms with Crippen LogP contribution in [0.1, 0.15) is 10.4 Å². The van der Waals surface area contributed by atoms with Gasteiger partial charge in [0.1, 0.15) is 0 Å². The molecule has 100 valence electrons. The molecule has 1 aromatic carbocycles. The van der Waals surface area contributed by atoms with E-state index < -0.39 is 10.0 Å². The number of carbonyl (C=O) groups excluding carboxylic acids is 1. The molecule has 0 aliphatic carbocycles. The molecular weight excluding hydrogens is 254 g/mol. The molecule has 6 nitrogen and oxygen atoms in total. The van der Waals surface area contributed by atoms with Gasteiger partial charge in [0.15, 0.2) is 0 Å². The molecule has 3 N–H and O–H groups in total. The smallest absolute Gasteiger partial charge is 0.251 e. The number of nitrogen functional groups attached to an aromatic ring is 1. The van der Waals surface area contributed by atoms with E-state index in [1.165, 1.54) is 14.1 Å². The van der Waals surface area contributed by atoms with E-state index in [0.717, 1.165) is 4.31 Å². The van der Waals surface area contributed by atoms with E-state index in [1.54, 1.807) is 24.3 Å². The highest BCUT2D eigenvalue weighted by Gasteiger charge is 2.13. The minimum atomic E-state index is -3.28. The Hall–Kier alpha value is -1.60. The van der Waals surface area contributed by atoms with Crippen LogP contribution in [-0.2, 0) is 10.0 Å². The van der Waals surface area contributed by atoms with Crippen molar-refractivity contribution in [2.24, 2.45) is 0 Å². The molecule has 1 rings (SSSR count). The van der Waals surface area contributed by atoms with Crippen molar-refractivity contribution >= 4 is 21.6 Å². The van der Waals surface area contributed by atoms with Crippen LogP contribution in [0.3, 0.4) is 0 Å². The first-order valence-corrected chi connectivity index (χ1v) is 6.98. The third kappa shape index (κ3) is 4.01. The lowest BCUT2D eigenvalue weighted by Gasteiger charge is -2.11. The molecule has 0 saturated heterocycles. The van der Waals surface area contributed by atoms with Crippen LogP contribution in [-0.4, -0.2) is 45.0 Å². The Balaban J connectivity index is 2.50. The predicted octanol–water partition coefficient (Wildman–Crippen LogP) is -0.110. The van der Waals surface area contributed by atoms with E-state index in [4.69, 9.17) is 5.73 Å². The fraction of sp³-hybridized carbons (Fsp3) is 0.364. The van der Waals surface area contributed by atoms with E-state index in [0.29, 0.717) is 11.3 Å². The van der Waals surface area contributed by atoms with Gasteiger partial charge in [0.05, 0.1) is 5.75 Å². The molecule has 0 bridgehead atoms. The second-order valence-electron chi connectivity index (χ2n) is 3.98. The highest BCUT2D eigenvalue weighted by atomic mass is 32.2. The number of carbonyl (C=O) groups is 1. The van der Waals surface area contributed by atoms with Gasteiger partial charge in [0.2, 0.25) is 10.0 Å². The predicted molar refractivity (Wildman–Crippen MR) is 70.7 cm³/mol.